The number of benzene rings is 2. The molecule has 0 heterocycles. The molecule has 2 aromatic carbocycles. The van der Waals surface area contributed by atoms with Crippen LogP contribution in [0.4, 0.5) is 4.39 Å². The Labute approximate surface area is 155 Å². The van der Waals surface area contributed by atoms with Gasteiger partial charge >= 0.3 is 0 Å². The third kappa shape index (κ3) is 6.98. The smallest absolute Gasteiger partial charge is 0.248 e. The van der Waals surface area contributed by atoms with Crippen molar-refractivity contribution in [3.63, 3.8) is 0 Å². The summed E-state index contributed by atoms with van der Waals surface area (Å²) < 4.78 is 17.9. The number of halogens is 1. The molecule has 8 heteroatoms. The molecule has 0 aliphatic carbocycles. The number of rotatable bonds is 6. The number of methoxy groups -OCH3 is 1. The molecule has 0 spiro atoms. The average molecular weight is 379 g/mol. The number of thiocarbonyl (C=S) groups is 1. The van der Waals surface area contributed by atoms with Gasteiger partial charge in [0.05, 0.1) is 12.9 Å². The lowest BCUT2D eigenvalue weighted by Gasteiger charge is -2.11. The van der Waals surface area contributed by atoms with E-state index in [0.717, 1.165) is 16.2 Å². The van der Waals surface area contributed by atoms with E-state index in [0.29, 0.717) is 6.54 Å². The number of hydrogen-bond donors (Lipinski definition) is 3. The molecule has 3 N–H and O–H groups in total. The molecule has 1 amide bonds. The van der Waals surface area contributed by atoms with Crippen molar-refractivity contribution >= 4 is 35.0 Å². The minimum absolute atomic E-state index is 0.202. The Morgan fingerprint density at radius 1 is 1.12 bits per heavy atom. The van der Waals surface area contributed by atoms with Gasteiger partial charge < -0.3 is 10.1 Å². The number of carbonyl (C=O) groups excluding carboxylic acids is 1. The number of hydrogen-bond acceptors (Lipinski definition) is 4. The van der Waals surface area contributed by atoms with Crippen LogP contribution in [0.25, 0.3) is 0 Å². The summed E-state index contributed by atoms with van der Waals surface area (Å²) >= 11 is 6.48. The van der Waals surface area contributed by atoms with Gasteiger partial charge in [0.15, 0.2) is 5.11 Å². The standard InChI is InChI=1S/C17H18FN3O2S2/c1-23-14-6-8-15(9-7-14)25-11-16(22)20-21-17(24)19-10-12-2-4-13(18)5-3-12/h2-9H,10-11H2,1H3,(H,20,22)(H2,19,21,24). The Balaban J connectivity index is 1.64. The first-order chi connectivity index (χ1) is 12.1. The number of ether oxygens (including phenoxy) is 1. The Morgan fingerprint density at radius 2 is 1.80 bits per heavy atom. The van der Waals surface area contributed by atoms with E-state index >= 15 is 0 Å². The highest BCUT2D eigenvalue weighted by Gasteiger charge is 2.04. The van der Waals surface area contributed by atoms with Crippen molar-refractivity contribution in [3.05, 3.63) is 59.9 Å². The molecule has 0 saturated carbocycles. The Kier molecular flexibility index (Phi) is 7.49. The molecule has 0 aliphatic heterocycles. The summed E-state index contributed by atoms with van der Waals surface area (Å²) in [4.78, 5) is 12.8. The van der Waals surface area contributed by atoms with Crippen LogP contribution < -0.4 is 20.9 Å². The van der Waals surface area contributed by atoms with Crippen LogP contribution in [0.1, 0.15) is 5.56 Å². The Bertz CT molecular complexity index is 709. The van der Waals surface area contributed by atoms with Gasteiger partial charge in [0.25, 0.3) is 0 Å². The van der Waals surface area contributed by atoms with Gasteiger partial charge in [0.1, 0.15) is 11.6 Å². The number of nitrogens with one attached hydrogen (secondary N) is 3. The van der Waals surface area contributed by atoms with E-state index in [4.69, 9.17) is 17.0 Å². The fourth-order valence-corrected chi connectivity index (χ4v) is 2.63. The molecule has 132 valence electrons. The lowest BCUT2D eigenvalue weighted by atomic mass is 10.2. The van der Waals surface area contributed by atoms with E-state index in [1.54, 1.807) is 19.2 Å². The second-order valence-electron chi connectivity index (χ2n) is 4.95. The molecule has 2 rings (SSSR count). The quantitative estimate of drug-likeness (QED) is 0.407. The predicted octanol–water partition coefficient (Wildman–Crippen LogP) is 2.62. The average Bonchev–Trinajstić information content (AvgIpc) is 2.64. The number of thioether (sulfide) groups is 1. The van der Waals surface area contributed by atoms with Gasteiger partial charge in [-0.15, -0.1) is 11.8 Å². The van der Waals surface area contributed by atoms with Crippen LogP contribution in [-0.4, -0.2) is 23.9 Å². The molecule has 5 nitrogen and oxygen atoms in total. The molecule has 0 saturated heterocycles. The first-order valence-electron chi connectivity index (χ1n) is 7.41. The summed E-state index contributed by atoms with van der Waals surface area (Å²) in [5, 5.41) is 3.21. The van der Waals surface area contributed by atoms with Crippen LogP contribution in [0.5, 0.6) is 5.75 Å². The Hall–Kier alpha value is -2.32. The van der Waals surface area contributed by atoms with Crippen molar-refractivity contribution in [1.29, 1.82) is 0 Å². The largest absolute Gasteiger partial charge is 0.497 e. The van der Waals surface area contributed by atoms with Gasteiger partial charge in [-0.2, -0.15) is 0 Å². The zero-order chi connectivity index (χ0) is 18.1. The fourth-order valence-electron chi connectivity index (χ4n) is 1.81. The van der Waals surface area contributed by atoms with E-state index in [1.165, 1.54) is 23.9 Å². The van der Waals surface area contributed by atoms with Gasteiger partial charge in [-0.05, 0) is 54.2 Å². The summed E-state index contributed by atoms with van der Waals surface area (Å²) in [7, 11) is 1.61. The lowest BCUT2D eigenvalue weighted by molar-refractivity contribution is -0.119. The summed E-state index contributed by atoms with van der Waals surface area (Å²) in [5.74, 6) is 0.533. The zero-order valence-corrected chi connectivity index (χ0v) is 15.2. The van der Waals surface area contributed by atoms with Crippen molar-refractivity contribution in [2.75, 3.05) is 12.9 Å². The molecule has 2 aromatic rings. The van der Waals surface area contributed by atoms with E-state index in [2.05, 4.69) is 16.2 Å². The van der Waals surface area contributed by atoms with Crippen LogP contribution in [0.2, 0.25) is 0 Å². The summed E-state index contributed by atoms with van der Waals surface area (Å²) in [6.45, 7) is 0.433. The highest BCUT2D eigenvalue weighted by atomic mass is 32.2. The first-order valence-corrected chi connectivity index (χ1v) is 8.80. The van der Waals surface area contributed by atoms with Gasteiger partial charge in [-0.3, -0.25) is 15.6 Å². The third-order valence-electron chi connectivity index (χ3n) is 3.11. The normalized spacial score (nSPS) is 10.0. The van der Waals surface area contributed by atoms with Crippen LogP contribution in [-0.2, 0) is 11.3 Å². The SMILES string of the molecule is COc1ccc(SCC(=O)NNC(=S)NCc2ccc(F)cc2)cc1. The molecule has 0 radical (unpaired) electrons. The van der Waals surface area contributed by atoms with E-state index in [-0.39, 0.29) is 22.6 Å². The van der Waals surface area contributed by atoms with Crippen molar-refractivity contribution in [2.24, 2.45) is 0 Å². The lowest BCUT2D eigenvalue weighted by Crippen LogP contribution is -2.47. The van der Waals surface area contributed by atoms with Crippen molar-refractivity contribution in [1.82, 2.24) is 16.2 Å². The maximum absolute atomic E-state index is 12.8. The molecule has 0 unspecified atom stereocenters. The monoisotopic (exact) mass is 379 g/mol. The van der Waals surface area contributed by atoms with Crippen LogP contribution in [0.15, 0.2) is 53.4 Å². The third-order valence-corrected chi connectivity index (χ3v) is 4.37. The summed E-state index contributed by atoms with van der Waals surface area (Å²) in [6, 6.07) is 13.5. The number of carbonyl (C=O) groups is 1. The highest BCUT2D eigenvalue weighted by molar-refractivity contribution is 8.00. The zero-order valence-electron chi connectivity index (χ0n) is 13.5. The van der Waals surface area contributed by atoms with Crippen molar-refractivity contribution in [3.8, 4) is 5.75 Å². The molecular weight excluding hydrogens is 361 g/mol. The van der Waals surface area contributed by atoms with Gasteiger partial charge in [-0.1, -0.05) is 12.1 Å². The second kappa shape index (κ2) is 9.85. The molecule has 0 atom stereocenters. The van der Waals surface area contributed by atoms with Gasteiger partial charge in [0, 0.05) is 11.4 Å². The summed E-state index contributed by atoms with van der Waals surface area (Å²) in [5.41, 5.74) is 6.04. The predicted molar refractivity (Wildman–Crippen MR) is 101 cm³/mol. The van der Waals surface area contributed by atoms with Crippen LogP contribution in [0.3, 0.4) is 0 Å². The number of hydrazine groups is 1. The van der Waals surface area contributed by atoms with Gasteiger partial charge in [-0.25, -0.2) is 4.39 Å². The Morgan fingerprint density at radius 3 is 2.44 bits per heavy atom. The van der Waals surface area contributed by atoms with Crippen molar-refractivity contribution < 1.29 is 13.9 Å². The molecule has 25 heavy (non-hydrogen) atoms. The van der Waals surface area contributed by atoms with E-state index in [1.807, 2.05) is 24.3 Å². The maximum Gasteiger partial charge on any atom is 0.248 e. The van der Waals surface area contributed by atoms with Gasteiger partial charge in [0.2, 0.25) is 5.91 Å². The molecule has 0 bridgehead atoms. The fraction of sp³-hybridized carbons (Fsp3) is 0.176. The maximum atomic E-state index is 12.8. The molecule has 0 fully saturated rings. The first kappa shape index (κ1) is 19.0. The van der Waals surface area contributed by atoms with E-state index in [9.17, 15) is 9.18 Å². The topological polar surface area (TPSA) is 62.4 Å². The van der Waals surface area contributed by atoms with Crippen LogP contribution >= 0.6 is 24.0 Å². The van der Waals surface area contributed by atoms with E-state index < -0.39 is 0 Å². The van der Waals surface area contributed by atoms with Crippen molar-refractivity contribution in [2.45, 2.75) is 11.4 Å². The second-order valence-corrected chi connectivity index (χ2v) is 6.40. The molecular formula is C17H18FN3O2S2. The molecule has 0 aliphatic rings. The van der Waals surface area contributed by atoms with Crippen LogP contribution in [0, 0.1) is 5.82 Å². The molecule has 0 aromatic heterocycles. The minimum atomic E-state index is -0.286. The number of amides is 1. The minimum Gasteiger partial charge on any atom is -0.497 e. The highest BCUT2D eigenvalue weighted by Crippen LogP contribution is 2.20. The summed E-state index contributed by atoms with van der Waals surface area (Å²) in [6.07, 6.45) is 0.